The number of esters is 1. The summed E-state index contributed by atoms with van der Waals surface area (Å²) in [4.78, 5) is 46.4. The van der Waals surface area contributed by atoms with E-state index in [4.69, 9.17) is 10.5 Å². The van der Waals surface area contributed by atoms with E-state index in [1.54, 1.807) is 18.2 Å². The van der Waals surface area contributed by atoms with Crippen LogP contribution >= 0.6 is 0 Å². The number of anilines is 1. The summed E-state index contributed by atoms with van der Waals surface area (Å²) < 4.78 is 5.21. The van der Waals surface area contributed by atoms with Crippen molar-refractivity contribution in [3.05, 3.63) is 69.8 Å². The monoisotopic (exact) mass is 372 g/mol. The molecule has 0 fully saturated rings. The van der Waals surface area contributed by atoms with Crippen molar-refractivity contribution in [2.75, 3.05) is 12.8 Å². The van der Waals surface area contributed by atoms with Crippen LogP contribution in [-0.2, 0) is 9.53 Å². The van der Waals surface area contributed by atoms with Gasteiger partial charge in [-0.2, -0.15) is 0 Å². The third-order valence-corrected chi connectivity index (χ3v) is 3.50. The lowest BCUT2D eigenvalue weighted by Gasteiger charge is -2.18. The van der Waals surface area contributed by atoms with Gasteiger partial charge in [0.05, 0.1) is 10.5 Å². The highest BCUT2D eigenvalue weighted by Crippen LogP contribution is 2.24. The van der Waals surface area contributed by atoms with E-state index in [-0.39, 0.29) is 16.9 Å². The van der Waals surface area contributed by atoms with Crippen molar-refractivity contribution in [3.8, 4) is 0 Å². The molecule has 1 atom stereocenters. The number of hydrogen-bond donors (Lipinski definition) is 3. The van der Waals surface area contributed by atoms with Gasteiger partial charge in [-0.3, -0.25) is 20.2 Å². The third-order valence-electron chi connectivity index (χ3n) is 3.50. The molecule has 10 heteroatoms. The maximum Gasteiger partial charge on any atom is 0.341 e. The molecule has 0 aliphatic carbocycles. The number of nitrogens with zero attached hydrogens (tertiary/aromatic N) is 1. The lowest BCUT2D eigenvalue weighted by molar-refractivity contribution is -0.384. The molecule has 0 aliphatic rings. The third kappa shape index (κ3) is 4.78. The number of imide groups is 1. The minimum Gasteiger partial charge on any atom is -0.444 e. The Morgan fingerprint density at radius 1 is 1.15 bits per heavy atom. The van der Waals surface area contributed by atoms with Crippen molar-refractivity contribution in [1.29, 1.82) is 0 Å². The molecule has 0 radical (unpaired) electrons. The average molecular weight is 372 g/mol. The number of hydrogen-bond acceptors (Lipinski definition) is 7. The van der Waals surface area contributed by atoms with Crippen LogP contribution in [0.3, 0.4) is 0 Å². The molecular weight excluding hydrogens is 356 g/mol. The summed E-state index contributed by atoms with van der Waals surface area (Å²) in [5, 5.41) is 15.1. The van der Waals surface area contributed by atoms with Crippen LogP contribution in [0.15, 0.2) is 48.5 Å². The van der Waals surface area contributed by atoms with Crippen LogP contribution in [0.4, 0.5) is 16.2 Å². The minimum absolute atomic E-state index is 0.0517. The van der Waals surface area contributed by atoms with Gasteiger partial charge >= 0.3 is 12.0 Å². The Balaban J connectivity index is 2.34. The Morgan fingerprint density at radius 3 is 2.41 bits per heavy atom. The highest BCUT2D eigenvalue weighted by molar-refractivity contribution is 6.00. The van der Waals surface area contributed by atoms with Gasteiger partial charge in [-0.15, -0.1) is 0 Å². The Bertz CT molecular complexity index is 884. The van der Waals surface area contributed by atoms with Crippen LogP contribution in [-0.4, -0.2) is 29.9 Å². The fourth-order valence-corrected chi connectivity index (χ4v) is 2.15. The molecule has 2 aromatic carbocycles. The summed E-state index contributed by atoms with van der Waals surface area (Å²) in [6.07, 6.45) is -1.46. The second kappa shape index (κ2) is 8.43. The molecule has 0 unspecified atom stereocenters. The second-order valence-electron chi connectivity index (χ2n) is 5.29. The first-order valence-electron chi connectivity index (χ1n) is 7.66. The van der Waals surface area contributed by atoms with Gasteiger partial charge in [0.15, 0.2) is 0 Å². The quantitative estimate of drug-likeness (QED) is 0.311. The van der Waals surface area contributed by atoms with Gasteiger partial charge in [0.25, 0.3) is 11.6 Å². The Kier molecular flexibility index (Phi) is 6.05. The smallest absolute Gasteiger partial charge is 0.341 e. The topological polar surface area (TPSA) is 154 Å². The van der Waals surface area contributed by atoms with E-state index in [1.807, 2.05) is 5.32 Å². The molecular formula is C17H16N4O6. The molecule has 0 spiro atoms. The van der Waals surface area contributed by atoms with Crippen LogP contribution in [0.25, 0.3) is 0 Å². The van der Waals surface area contributed by atoms with E-state index in [0.717, 1.165) is 12.1 Å². The number of ether oxygens (including phenoxy) is 1. The fraction of sp³-hybridized carbons (Fsp3) is 0.118. The SMILES string of the molecule is CNC(=O)NC(=O)[C@H](OC(=O)c1cc([N+](=O)[O-])ccc1N)c1ccccc1. The lowest BCUT2D eigenvalue weighted by atomic mass is 10.1. The normalized spacial score (nSPS) is 11.1. The average Bonchev–Trinajstić information content (AvgIpc) is 2.66. The Labute approximate surface area is 153 Å². The van der Waals surface area contributed by atoms with E-state index in [1.165, 1.54) is 25.2 Å². The van der Waals surface area contributed by atoms with Crippen LogP contribution in [0.2, 0.25) is 0 Å². The number of non-ortho nitro benzene ring substituents is 1. The zero-order valence-corrected chi connectivity index (χ0v) is 14.2. The van der Waals surface area contributed by atoms with Crippen LogP contribution in [0, 0.1) is 10.1 Å². The Hall–Kier alpha value is -3.95. The molecule has 140 valence electrons. The molecule has 0 saturated heterocycles. The summed E-state index contributed by atoms with van der Waals surface area (Å²) >= 11 is 0. The standard InChI is InChI=1S/C17H16N4O6/c1-19-17(24)20-15(22)14(10-5-3-2-4-6-10)27-16(23)12-9-11(21(25)26)7-8-13(12)18/h2-9,14H,18H2,1H3,(H2,19,20,22,24)/t14-/m1/s1. The summed E-state index contributed by atoms with van der Waals surface area (Å²) in [7, 11) is 1.32. The molecule has 4 N–H and O–H groups in total. The Morgan fingerprint density at radius 2 is 1.81 bits per heavy atom. The summed E-state index contributed by atoms with van der Waals surface area (Å²) in [6, 6.07) is 10.5. The highest BCUT2D eigenvalue weighted by atomic mass is 16.6. The largest absolute Gasteiger partial charge is 0.444 e. The number of benzene rings is 2. The van der Waals surface area contributed by atoms with Crippen molar-refractivity contribution in [3.63, 3.8) is 0 Å². The second-order valence-corrected chi connectivity index (χ2v) is 5.29. The fourth-order valence-electron chi connectivity index (χ4n) is 2.15. The first-order valence-corrected chi connectivity index (χ1v) is 7.66. The summed E-state index contributed by atoms with van der Waals surface area (Å²) in [6.45, 7) is 0. The molecule has 0 aromatic heterocycles. The van der Waals surface area contributed by atoms with E-state index >= 15 is 0 Å². The van der Waals surface area contributed by atoms with E-state index in [9.17, 15) is 24.5 Å². The van der Waals surface area contributed by atoms with Gasteiger partial charge in [-0.25, -0.2) is 9.59 Å². The van der Waals surface area contributed by atoms with Crippen molar-refractivity contribution in [2.24, 2.45) is 0 Å². The van der Waals surface area contributed by atoms with E-state index in [0.29, 0.717) is 5.56 Å². The number of nitro benzene ring substituents is 1. The van der Waals surface area contributed by atoms with Crippen molar-refractivity contribution >= 4 is 29.3 Å². The van der Waals surface area contributed by atoms with Crippen molar-refractivity contribution < 1.29 is 24.0 Å². The van der Waals surface area contributed by atoms with Crippen LogP contribution in [0.5, 0.6) is 0 Å². The minimum atomic E-state index is -1.46. The molecule has 0 saturated carbocycles. The number of amides is 3. The molecule has 0 aliphatic heterocycles. The van der Waals surface area contributed by atoms with E-state index < -0.39 is 28.9 Å². The van der Waals surface area contributed by atoms with Gasteiger partial charge in [-0.05, 0) is 6.07 Å². The highest BCUT2D eigenvalue weighted by Gasteiger charge is 2.28. The van der Waals surface area contributed by atoms with E-state index in [2.05, 4.69) is 5.32 Å². The van der Waals surface area contributed by atoms with Gasteiger partial charge in [0.2, 0.25) is 6.10 Å². The lowest BCUT2D eigenvalue weighted by Crippen LogP contribution is -2.41. The first kappa shape index (κ1) is 19.4. The van der Waals surface area contributed by atoms with Crippen molar-refractivity contribution in [2.45, 2.75) is 6.10 Å². The molecule has 27 heavy (non-hydrogen) atoms. The molecule has 2 aromatic rings. The number of carbonyl (C=O) groups excluding carboxylic acids is 3. The molecule has 2 rings (SSSR count). The van der Waals surface area contributed by atoms with Gasteiger partial charge in [-0.1, -0.05) is 30.3 Å². The number of nitro groups is 1. The van der Waals surface area contributed by atoms with Gasteiger partial charge in [0.1, 0.15) is 0 Å². The van der Waals surface area contributed by atoms with Gasteiger partial charge in [0, 0.05) is 30.4 Å². The maximum atomic E-state index is 12.5. The van der Waals surface area contributed by atoms with Crippen molar-refractivity contribution in [1.82, 2.24) is 10.6 Å². The molecule has 3 amide bonds. The predicted molar refractivity (Wildman–Crippen MR) is 94.7 cm³/mol. The summed E-state index contributed by atoms with van der Waals surface area (Å²) in [5.74, 6) is -1.94. The number of carbonyl (C=O) groups is 3. The zero-order valence-electron chi connectivity index (χ0n) is 14.2. The zero-order chi connectivity index (χ0) is 20.0. The van der Waals surface area contributed by atoms with Crippen LogP contribution < -0.4 is 16.4 Å². The molecule has 10 nitrogen and oxygen atoms in total. The number of nitrogens with two attached hydrogens (primary N) is 1. The van der Waals surface area contributed by atoms with Gasteiger partial charge < -0.3 is 15.8 Å². The van der Waals surface area contributed by atoms with Crippen LogP contribution in [0.1, 0.15) is 22.0 Å². The molecule has 0 heterocycles. The number of urea groups is 1. The number of nitrogen functional groups attached to an aromatic ring is 1. The first-order chi connectivity index (χ1) is 12.8. The number of nitrogens with one attached hydrogen (secondary N) is 2. The predicted octanol–water partition coefficient (Wildman–Crippen LogP) is 1.53. The number of rotatable bonds is 5. The maximum absolute atomic E-state index is 12.5. The molecule has 0 bridgehead atoms. The summed E-state index contributed by atoms with van der Waals surface area (Å²) in [5.41, 5.74) is 5.32.